The van der Waals surface area contributed by atoms with Gasteiger partial charge in [-0.3, -0.25) is 4.90 Å². The van der Waals surface area contributed by atoms with Gasteiger partial charge in [0.15, 0.2) is 9.84 Å². The zero-order valence-electron chi connectivity index (χ0n) is 14.2. The fourth-order valence-corrected chi connectivity index (χ4v) is 5.55. The van der Waals surface area contributed by atoms with E-state index in [2.05, 4.69) is 0 Å². The van der Waals surface area contributed by atoms with E-state index in [4.69, 9.17) is 27.9 Å². The lowest BCUT2D eigenvalue weighted by atomic mass is 10.1. The number of aryl methyl sites for hydroxylation is 1. The van der Waals surface area contributed by atoms with Crippen LogP contribution in [0.4, 0.5) is 10.5 Å². The Kier molecular flexibility index (Phi) is 5.53. The van der Waals surface area contributed by atoms with Crippen LogP contribution in [0.1, 0.15) is 11.1 Å². The number of rotatable bonds is 5. The number of cyclic esters (lactones) is 1. The molecule has 0 spiro atoms. The van der Waals surface area contributed by atoms with Crippen molar-refractivity contribution in [2.24, 2.45) is 0 Å². The van der Waals surface area contributed by atoms with E-state index in [1.807, 2.05) is 18.4 Å². The van der Waals surface area contributed by atoms with E-state index >= 15 is 0 Å². The Balaban J connectivity index is 2.22. The molecule has 0 bridgehead atoms. The molecule has 0 saturated carbocycles. The maximum Gasteiger partial charge on any atom is 0.414 e. The molecular weight excluding hydrogens is 417 g/mol. The van der Waals surface area contributed by atoms with Gasteiger partial charge in [0.05, 0.1) is 17.3 Å². The molecule has 0 radical (unpaired) electrons. The van der Waals surface area contributed by atoms with Gasteiger partial charge in [-0.2, -0.15) is 0 Å². The van der Waals surface area contributed by atoms with Gasteiger partial charge >= 0.3 is 6.09 Å². The molecule has 1 amide bonds. The van der Waals surface area contributed by atoms with E-state index in [9.17, 15) is 13.2 Å². The number of benzene rings is 1. The second-order valence-electron chi connectivity index (χ2n) is 6.15. The van der Waals surface area contributed by atoms with Crippen LogP contribution in [0, 0.1) is 6.92 Å². The third kappa shape index (κ3) is 3.71. The number of ether oxygens (including phenoxy) is 1. The zero-order valence-corrected chi connectivity index (χ0v) is 17.3. The molecule has 2 heterocycles. The van der Waals surface area contributed by atoms with Crippen molar-refractivity contribution in [1.82, 2.24) is 0 Å². The van der Waals surface area contributed by atoms with Crippen molar-refractivity contribution >= 4 is 56.2 Å². The Bertz CT molecular complexity index is 956. The number of halogens is 2. The third-order valence-electron chi connectivity index (χ3n) is 4.02. The van der Waals surface area contributed by atoms with Gasteiger partial charge in [0.1, 0.15) is 6.10 Å². The molecule has 1 unspecified atom stereocenters. The van der Waals surface area contributed by atoms with Gasteiger partial charge in [0.2, 0.25) is 0 Å². The van der Waals surface area contributed by atoms with Crippen LogP contribution in [0.5, 0.6) is 0 Å². The summed E-state index contributed by atoms with van der Waals surface area (Å²) in [6, 6.07) is 5.25. The molecule has 0 aliphatic carbocycles. The van der Waals surface area contributed by atoms with Crippen molar-refractivity contribution in [3.8, 4) is 10.4 Å². The molecule has 5 nitrogen and oxygen atoms in total. The molecule has 1 fully saturated rings. The van der Waals surface area contributed by atoms with E-state index in [-0.39, 0.29) is 16.7 Å². The number of alkyl halides is 2. The number of sulfone groups is 1. The van der Waals surface area contributed by atoms with Crippen LogP contribution < -0.4 is 4.90 Å². The minimum atomic E-state index is -3.52. The smallest absolute Gasteiger partial charge is 0.414 e. The lowest BCUT2D eigenvalue weighted by molar-refractivity contribution is 0.151. The first kappa shape index (κ1) is 19.5. The molecule has 3 rings (SSSR count). The Morgan fingerprint density at radius 3 is 2.54 bits per heavy atom. The Morgan fingerprint density at radius 2 is 2.04 bits per heavy atom. The maximum absolute atomic E-state index is 12.4. The van der Waals surface area contributed by atoms with Crippen LogP contribution in [0.25, 0.3) is 10.4 Å². The molecule has 26 heavy (non-hydrogen) atoms. The van der Waals surface area contributed by atoms with Gasteiger partial charge in [-0.25, -0.2) is 13.2 Å². The summed E-state index contributed by atoms with van der Waals surface area (Å²) in [7, 11) is -3.52. The fourth-order valence-electron chi connectivity index (χ4n) is 2.93. The topological polar surface area (TPSA) is 63.7 Å². The Labute approximate surface area is 166 Å². The largest absolute Gasteiger partial charge is 0.443 e. The summed E-state index contributed by atoms with van der Waals surface area (Å²) in [5.41, 5.74) is 2.58. The van der Waals surface area contributed by atoms with Gasteiger partial charge in [0, 0.05) is 28.3 Å². The number of hydrogen-bond donors (Lipinski definition) is 0. The molecule has 2 aromatic rings. The number of carbonyl (C=O) groups is 1. The number of anilines is 1. The summed E-state index contributed by atoms with van der Waals surface area (Å²) < 4.78 is 30.1. The number of carbonyl (C=O) groups excluding carboxylic acids is 1. The van der Waals surface area contributed by atoms with Crippen molar-refractivity contribution < 1.29 is 17.9 Å². The highest BCUT2D eigenvalue weighted by molar-refractivity contribution is 7.91. The normalized spacial score (nSPS) is 17.6. The summed E-state index contributed by atoms with van der Waals surface area (Å²) in [5, 5.41) is 1.95. The molecule has 1 aliphatic heterocycles. The van der Waals surface area contributed by atoms with Gasteiger partial charge in [-0.15, -0.1) is 34.5 Å². The maximum atomic E-state index is 12.4. The van der Waals surface area contributed by atoms with Crippen LogP contribution in [0.2, 0.25) is 0 Å². The summed E-state index contributed by atoms with van der Waals surface area (Å²) in [6.45, 7) is 2.25. The summed E-state index contributed by atoms with van der Waals surface area (Å²) in [4.78, 5) is 14.6. The minimum Gasteiger partial charge on any atom is -0.443 e. The highest BCUT2D eigenvalue weighted by Crippen LogP contribution is 2.39. The van der Waals surface area contributed by atoms with Crippen molar-refractivity contribution in [2.75, 3.05) is 23.6 Å². The number of nitrogens with zero attached hydrogens (tertiary/aromatic N) is 1. The van der Waals surface area contributed by atoms with Crippen molar-refractivity contribution in [3.63, 3.8) is 0 Å². The first-order chi connectivity index (χ1) is 12.2. The highest BCUT2D eigenvalue weighted by atomic mass is 35.5. The minimum absolute atomic E-state index is 0.00935. The molecule has 9 heteroatoms. The quantitative estimate of drug-likeness (QED) is 0.654. The first-order valence-electron chi connectivity index (χ1n) is 7.77. The summed E-state index contributed by atoms with van der Waals surface area (Å²) in [5.74, 6) is 0.207. The highest BCUT2D eigenvalue weighted by Gasteiger charge is 2.33. The second kappa shape index (κ2) is 7.38. The van der Waals surface area contributed by atoms with E-state index in [1.165, 1.54) is 16.2 Å². The Hall–Kier alpha value is -1.28. The molecular formula is C17H17Cl2NO4S2. The predicted molar refractivity (Wildman–Crippen MR) is 105 cm³/mol. The van der Waals surface area contributed by atoms with Crippen molar-refractivity contribution in [2.45, 2.75) is 23.8 Å². The van der Waals surface area contributed by atoms with Crippen LogP contribution in [-0.2, 0) is 20.5 Å². The number of hydrogen-bond acceptors (Lipinski definition) is 5. The van der Waals surface area contributed by atoms with Crippen LogP contribution in [0.3, 0.4) is 0 Å². The van der Waals surface area contributed by atoms with E-state index in [1.54, 1.807) is 12.1 Å². The van der Waals surface area contributed by atoms with Gasteiger partial charge in [-0.1, -0.05) is 0 Å². The first-order valence-corrected chi connectivity index (χ1v) is 11.6. The predicted octanol–water partition coefficient (Wildman–Crippen LogP) is 4.43. The number of thiophene rings is 1. The van der Waals surface area contributed by atoms with E-state index in [0.717, 1.165) is 16.7 Å². The average Bonchev–Trinajstić information content (AvgIpc) is 3.18. The zero-order chi connectivity index (χ0) is 19.1. The molecule has 1 saturated heterocycles. The molecule has 1 aromatic heterocycles. The standard InChI is InChI=1S/C17H17Cl2NO4S2/c1-10-3-15(25-9-10)14-5-12(20-8-13(7-19)24-17(20)21)4-11(6-18)16(14)26(2,22)23/h3-5,9,13H,6-8H2,1-2H3. The van der Waals surface area contributed by atoms with E-state index < -0.39 is 22.0 Å². The Morgan fingerprint density at radius 1 is 1.31 bits per heavy atom. The SMILES string of the molecule is Cc1csc(-c2cc(N3CC(CCl)OC3=O)cc(CCl)c2S(C)(=O)=O)c1. The van der Waals surface area contributed by atoms with E-state index in [0.29, 0.717) is 23.4 Å². The van der Waals surface area contributed by atoms with Crippen molar-refractivity contribution in [1.29, 1.82) is 0 Å². The molecule has 1 atom stereocenters. The molecule has 0 N–H and O–H groups in total. The lowest BCUT2D eigenvalue weighted by Crippen LogP contribution is -2.25. The van der Waals surface area contributed by atoms with Gasteiger partial charge < -0.3 is 4.74 Å². The number of amides is 1. The summed E-state index contributed by atoms with van der Waals surface area (Å²) in [6.07, 6.45) is 0.262. The molecule has 140 valence electrons. The van der Waals surface area contributed by atoms with Crippen LogP contribution >= 0.6 is 34.5 Å². The average molecular weight is 434 g/mol. The van der Waals surface area contributed by atoms with Gasteiger partial charge in [0.25, 0.3) is 0 Å². The van der Waals surface area contributed by atoms with Crippen LogP contribution in [-0.4, -0.2) is 39.3 Å². The second-order valence-corrected chi connectivity index (χ2v) is 9.59. The van der Waals surface area contributed by atoms with Gasteiger partial charge in [-0.05, 0) is 41.6 Å². The third-order valence-corrected chi connectivity index (χ3v) is 6.96. The van der Waals surface area contributed by atoms with Crippen molar-refractivity contribution in [3.05, 3.63) is 34.7 Å². The molecule has 1 aromatic carbocycles. The lowest BCUT2D eigenvalue weighted by Gasteiger charge is -2.18. The van der Waals surface area contributed by atoms with Crippen LogP contribution in [0.15, 0.2) is 28.5 Å². The molecule has 1 aliphatic rings. The monoisotopic (exact) mass is 433 g/mol. The summed E-state index contributed by atoms with van der Waals surface area (Å²) >= 11 is 13.3. The fraction of sp³-hybridized carbons (Fsp3) is 0.353.